The molecular formula is C18H25N4O3S+. The molecule has 8 heteroatoms. The minimum atomic E-state index is -0.100. The molecule has 0 amide bonds. The predicted octanol–water partition coefficient (Wildman–Crippen LogP) is 1.05. The van der Waals surface area contributed by atoms with Crippen LogP contribution in [0.2, 0.25) is 0 Å². The Morgan fingerprint density at radius 1 is 1.31 bits per heavy atom. The van der Waals surface area contributed by atoms with Gasteiger partial charge in [-0.1, -0.05) is 12.1 Å². The fourth-order valence-corrected chi connectivity index (χ4v) is 3.65. The highest BCUT2D eigenvalue weighted by Crippen LogP contribution is 2.27. The molecule has 0 saturated carbocycles. The SMILES string of the molecule is COC(=O)C1CC[NH+](Cn2nc(-c3ccccc3OC)n(C)c2=S)CC1. The summed E-state index contributed by atoms with van der Waals surface area (Å²) in [4.78, 5) is 13.0. The van der Waals surface area contributed by atoms with Gasteiger partial charge < -0.3 is 18.9 Å². The number of ether oxygens (including phenoxy) is 2. The number of benzene rings is 1. The Bertz CT molecular complexity index is 837. The molecule has 1 aromatic heterocycles. The third kappa shape index (κ3) is 3.66. The Hall–Kier alpha value is -2.19. The van der Waals surface area contributed by atoms with Gasteiger partial charge in [0.1, 0.15) is 5.75 Å². The van der Waals surface area contributed by atoms with Crippen molar-refractivity contribution in [3.05, 3.63) is 29.0 Å². The first-order valence-corrected chi connectivity index (χ1v) is 9.14. The summed E-state index contributed by atoms with van der Waals surface area (Å²) < 4.78 is 14.8. The van der Waals surface area contributed by atoms with Crippen molar-refractivity contribution in [2.75, 3.05) is 27.3 Å². The van der Waals surface area contributed by atoms with E-state index in [0.29, 0.717) is 11.4 Å². The van der Waals surface area contributed by atoms with Gasteiger partial charge in [-0.25, -0.2) is 0 Å². The van der Waals surface area contributed by atoms with E-state index in [4.69, 9.17) is 26.8 Å². The molecule has 0 bridgehead atoms. The summed E-state index contributed by atoms with van der Waals surface area (Å²) in [7, 11) is 5.03. The zero-order chi connectivity index (χ0) is 18.7. The number of piperidine rings is 1. The maximum Gasteiger partial charge on any atom is 0.309 e. The molecule has 0 aliphatic carbocycles. The third-order valence-corrected chi connectivity index (χ3v) is 5.47. The monoisotopic (exact) mass is 377 g/mol. The van der Waals surface area contributed by atoms with Crippen LogP contribution in [0.3, 0.4) is 0 Å². The van der Waals surface area contributed by atoms with Crippen molar-refractivity contribution >= 4 is 18.2 Å². The summed E-state index contributed by atoms with van der Waals surface area (Å²) in [5, 5.41) is 4.74. The first-order valence-electron chi connectivity index (χ1n) is 8.73. The number of aromatic nitrogens is 3. The number of nitrogens with one attached hydrogen (secondary N) is 1. The van der Waals surface area contributed by atoms with E-state index >= 15 is 0 Å². The van der Waals surface area contributed by atoms with Crippen LogP contribution in [-0.4, -0.2) is 47.6 Å². The van der Waals surface area contributed by atoms with Gasteiger partial charge in [0.2, 0.25) is 4.77 Å². The first kappa shape index (κ1) is 18.6. The Morgan fingerprint density at radius 3 is 2.65 bits per heavy atom. The maximum absolute atomic E-state index is 11.7. The molecule has 0 spiro atoms. The molecule has 1 N–H and O–H groups in total. The minimum Gasteiger partial charge on any atom is -0.496 e. The summed E-state index contributed by atoms with van der Waals surface area (Å²) in [6, 6.07) is 7.79. The number of rotatable bonds is 5. The van der Waals surface area contributed by atoms with Crippen molar-refractivity contribution in [3.63, 3.8) is 0 Å². The highest BCUT2D eigenvalue weighted by atomic mass is 32.1. The van der Waals surface area contributed by atoms with E-state index in [9.17, 15) is 4.79 Å². The van der Waals surface area contributed by atoms with Crippen molar-refractivity contribution < 1.29 is 19.2 Å². The zero-order valence-electron chi connectivity index (χ0n) is 15.4. The number of esters is 1. The lowest BCUT2D eigenvalue weighted by Crippen LogP contribution is -3.12. The molecule has 0 atom stereocenters. The van der Waals surface area contributed by atoms with Gasteiger partial charge in [0.25, 0.3) is 0 Å². The number of para-hydroxylation sites is 1. The third-order valence-electron chi connectivity index (χ3n) is 4.99. The average Bonchev–Trinajstić information content (AvgIpc) is 2.96. The van der Waals surface area contributed by atoms with Crippen LogP contribution in [0.15, 0.2) is 24.3 Å². The maximum atomic E-state index is 11.7. The Kier molecular flexibility index (Phi) is 5.73. The predicted molar refractivity (Wildman–Crippen MR) is 99.5 cm³/mol. The van der Waals surface area contributed by atoms with Crippen LogP contribution in [0.5, 0.6) is 5.75 Å². The lowest BCUT2D eigenvalue weighted by molar-refractivity contribution is -0.929. The lowest BCUT2D eigenvalue weighted by Gasteiger charge is -2.27. The molecule has 3 rings (SSSR count). The van der Waals surface area contributed by atoms with E-state index in [-0.39, 0.29) is 11.9 Å². The van der Waals surface area contributed by atoms with Crippen LogP contribution in [0, 0.1) is 10.7 Å². The molecule has 2 aromatic rings. The van der Waals surface area contributed by atoms with Crippen molar-refractivity contribution in [2.24, 2.45) is 13.0 Å². The molecule has 1 aliphatic rings. The van der Waals surface area contributed by atoms with E-state index in [1.807, 2.05) is 40.6 Å². The summed E-state index contributed by atoms with van der Waals surface area (Å²) in [5.41, 5.74) is 0.918. The van der Waals surface area contributed by atoms with E-state index in [1.165, 1.54) is 12.0 Å². The van der Waals surface area contributed by atoms with Gasteiger partial charge in [-0.3, -0.25) is 4.79 Å². The quantitative estimate of drug-likeness (QED) is 0.623. The molecule has 140 valence electrons. The minimum absolute atomic E-state index is 0.0181. The van der Waals surface area contributed by atoms with Gasteiger partial charge >= 0.3 is 5.97 Å². The number of nitrogens with zero attached hydrogens (tertiary/aromatic N) is 3. The van der Waals surface area contributed by atoms with Gasteiger partial charge in [-0.05, 0) is 24.4 Å². The second-order valence-corrected chi connectivity index (χ2v) is 6.94. The fraction of sp³-hybridized carbons (Fsp3) is 0.500. The second kappa shape index (κ2) is 8.01. The van der Waals surface area contributed by atoms with Gasteiger partial charge in [-0.2, -0.15) is 4.68 Å². The molecule has 1 saturated heterocycles. The highest BCUT2D eigenvalue weighted by molar-refractivity contribution is 7.71. The van der Waals surface area contributed by atoms with Crippen LogP contribution >= 0.6 is 12.2 Å². The number of hydrogen-bond acceptors (Lipinski definition) is 5. The van der Waals surface area contributed by atoms with Gasteiger partial charge in [0.05, 0.1) is 38.8 Å². The standard InChI is InChI=1S/C18H24N4O3S/c1-20-16(14-6-4-5-7-15(14)24-2)19-22(18(20)26)12-21-10-8-13(9-11-21)17(23)25-3/h4-7,13H,8-12H2,1-3H3/p+1. The summed E-state index contributed by atoms with van der Waals surface area (Å²) in [6.07, 6.45) is 1.67. The number of carbonyl (C=O) groups is 1. The number of methoxy groups -OCH3 is 2. The zero-order valence-corrected chi connectivity index (χ0v) is 16.2. The number of hydrogen-bond donors (Lipinski definition) is 1. The fourth-order valence-electron chi connectivity index (χ4n) is 3.45. The number of quaternary nitrogens is 1. The van der Waals surface area contributed by atoms with Crippen LogP contribution in [0.4, 0.5) is 0 Å². The largest absolute Gasteiger partial charge is 0.496 e. The Labute approximate surface area is 158 Å². The van der Waals surface area contributed by atoms with E-state index in [0.717, 1.165) is 43.1 Å². The first-order chi connectivity index (χ1) is 12.5. The van der Waals surface area contributed by atoms with Crippen LogP contribution in [0.25, 0.3) is 11.4 Å². The van der Waals surface area contributed by atoms with E-state index in [1.54, 1.807) is 7.11 Å². The lowest BCUT2D eigenvalue weighted by atomic mass is 9.97. The van der Waals surface area contributed by atoms with Crippen molar-refractivity contribution in [1.29, 1.82) is 0 Å². The van der Waals surface area contributed by atoms with Crippen LogP contribution in [0.1, 0.15) is 12.8 Å². The van der Waals surface area contributed by atoms with Crippen molar-refractivity contribution in [1.82, 2.24) is 14.3 Å². The van der Waals surface area contributed by atoms with Crippen molar-refractivity contribution in [3.8, 4) is 17.1 Å². The Morgan fingerprint density at radius 2 is 2.00 bits per heavy atom. The molecule has 1 fully saturated rings. The number of likely N-dealkylation sites (tertiary alicyclic amines) is 1. The van der Waals surface area contributed by atoms with E-state index < -0.39 is 0 Å². The number of carbonyl (C=O) groups excluding carboxylic acids is 1. The second-order valence-electron chi connectivity index (χ2n) is 6.57. The molecule has 1 aromatic carbocycles. The molecule has 0 radical (unpaired) electrons. The van der Waals surface area contributed by atoms with Gasteiger partial charge in [-0.15, -0.1) is 5.10 Å². The highest BCUT2D eigenvalue weighted by Gasteiger charge is 2.28. The van der Waals surface area contributed by atoms with Gasteiger partial charge in [0.15, 0.2) is 12.5 Å². The van der Waals surface area contributed by atoms with E-state index in [2.05, 4.69) is 0 Å². The molecule has 7 nitrogen and oxygen atoms in total. The Balaban J connectivity index is 1.77. The van der Waals surface area contributed by atoms with Gasteiger partial charge in [0, 0.05) is 19.9 Å². The van der Waals surface area contributed by atoms with Crippen LogP contribution < -0.4 is 9.64 Å². The topological polar surface area (TPSA) is 62.7 Å². The summed E-state index contributed by atoms with van der Waals surface area (Å²) >= 11 is 5.58. The molecule has 2 heterocycles. The normalized spacial score (nSPS) is 20.0. The van der Waals surface area contributed by atoms with Crippen LogP contribution in [-0.2, 0) is 23.2 Å². The average molecular weight is 377 g/mol. The summed E-state index contributed by atoms with van der Waals surface area (Å²) in [5.74, 6) is 1.48. The molecule has 26 heavy (non-hydrogen) atoms. The summed E-state index contributed by atoms with van der Waals surface area (Å²) in [6.45, 7) is 2.50. The van der Waals surface area contributed by atoms with Crippen molar-refractivity contribution in [2.45, 2.75) is 19.5 Å². The molecular weight excluding hydrogens is 352 g/mol. The molecule has 0 unspecified atom stereocenters. The smallest absolute Gasteiger partial charge is 0.309 e. The molecule has 1 aliphatic heterocycles.